The first kappa shape index (κ1) is 15.2. The van der Waals surface area contributed by atoms with Gasteiger partial charge in [0.2, 0.25) is 0 Å². The lowest BCUT2D eigenvalue weighted by atomic mass is 10.1. The van der Waals surface area contributed by atoms with Gasteiger partial charge in [0, 0.05) is 32.1 Å². The van der Waals surface area contributed by atoms with Crippen LogP contribution in [0.3, 0.4) is 0 Å². The van der Waals surface area contributed by atoms with Crippen molar-refractivity contribution in [3.8, 4) is 17.2 Å². The Morgan fingerprint density at radius 1 is 1.10 bits per heavy atom. The smallest absolute Gasteiger partial charge is 0.328 e. The molecule has 0 atom stereocenters. The maximum Gasteiger partial charge on any atom is 0.328 e. The van der Waals surface area contributed by atoms with Crippen molar-refractivity contribution in [2.45, 2.75) is 13.8 Å². The number of hydrogen-bond donors (Lipinski definition) is 2. The number of hydrogen-bond acceptors (Lipinski definition) is 6. The Bertz CT molecular complexity index is 587. The van der Waals surface area contributed by atoms with Crippen molar-refractivity contribution in [2.24, 2.45) is 0 Å². The van der Waals surface area contributed by atoms with Gasteiger partial charge in [-0.3, -0.25) is 9.59 Å². The van der Waals surface area contributed by atoms with Crippen molar-refractivity contribution in [2.75, 3.05) is 0 Å². The quantitative estimate of drug-likeness (QED) is 0.486. The van der Waals surface area contributed by atoms with Gasteiger partial charge in [0.25, 0.3) is 0 Å². The standard InChI is InChI=1S/C13H12O7/c1-7(14)19-9-5-11(16)10(3-4-13(17)18)12(6-9)20-8(2)15/h3-6,16H,1-2H3,(H,17,18). The van der Waals surface area contributed by atoms with Crippen molar-refractivity contribution in [3.05, 3.63) is 23.8 Å². The molecule has 0 unspecified atom stereocenters. The molecule has 0 heterocycles. The molecular weight excluding hydrogens is 268 g/mol. The first-order valence-corrected chi connectivity index (χ1v) is 5.44. The molecule has 1 aromatic carbocycles. The molecule has 0 saturated carbocycles. The molecule has 20 heavy (non-hydrogen) atoms. The minimum absolute atomic E-state index is 0.0153. The van der Waals surface area contributed by atoms with Crippen LogP contribution in [-0.4, -0.2) is 28.1 Å². The second-order valence-corrected chi connectivity index (χ2v) is 3.71. The number of rotatable bonds is 4. The summed E-state index contributed by atoms with van der Waals surface area (Å²) in [4.78, 5) is 32.3. The van der Waals surface area contributed by atoms with Gasteiger partial charge in [-0.1, -0.05) is 0 Å². The van der Waals surface area contributed by atoms with E-state index < -0.39 is 23.7 Å². The zero-order valence-corrected chi connectivity index (χ0v) is 10.7. The van der Waals surface area contributed by atoms with Crippen molar-refractivity contribution >= 4 is 24.0 Å². The molecule has 0 aliphatic rings. The number of carboxylic acid groups (broad SMARTS) is 1. The van der Waals surface area contributed by atoms with Crippen LogP contribution in [0.5, 0.6) is 17.2 Å². The van der Waals surface area contributed by atoms with Crippen LogP contribution in [0.1, 0.15) is 19.4 Å². The summed E-state index contributed by atoms with van der Waals surface area (Å²) >= 11 is 0. The average molecular weight is 280 g/mol. The summed E-state index contributed by atoms with van der Waals surface area (Å²) in [6, 6.07) is 2.31. The molecule has 1 rings (SSSR count). The first-order valence-electron chi connectivity index (χ1n) is 5.44. The summed E-state index contributed by atoms with van der Waals surface area (Å²) in [5.74, 6) is -3.06. The third-order valence-corrected chi connectivity index (χ3v) is 2.00. The number of carboxylic acids is 1. The minimum Gasteiger partial charge on any atom is -0.507 e. The van der Waals surface area contributed by atoms with Gasteiger partial charge in [-0.25, -0.2) is 4.79 Å². The lowest BCUT2D eigenvalue weighted by molar-refractivity contribution is -0.132. The Kier molecular flexibility index (Phi) is 4.85. The zero-order chi connectivity index (χ0) is 15.3. The van der Waals surface area contributed by atoms with Gasteiger partial charge in [0.15, 0.2) is 0 Å². The number of ether oxygens (including phenoxy) is 2. The molecular formula is C13H12O7. The van der Waals surface area contributed by atoms with Gasteiger partial charge < -0.3 is 19.7 Å². The highest BCUT2D eigenvalue weighted by atomic mass is 16.5. The monoisotopic (exact) mass is 280 g/mol. The third-order valence-electron chi connectivity index (χ3n) is 2.00. The van der Waals surface area contributed by atoms with Crippen LogP contribution < -0.4 is 9.47 Å². The normalized spacial score (nSPS) is 10.3. The molecule has 0 bridgehead atoms. The molecule has 106 valence electrons. The highest BCUT2D eigenvalue weighted by molar-refractivity contribution is 5.87. The summed E-state index contributed by atoms with van der Waals surface area (Å²) in [6.45, 7) is 2.31. The van der Waals surface area contributed by atoms with Gasteiger partial charge in [0.05, 0.1) is 5.56 Å². The van der Waals surface area contributed by atoms with Crippen LogP contribution in [0.4, 0.5) is 0 Å². The molecule has 2 N–H and O–H groups in total. The second kappa shape index (κ2) is 6.37. The number of aromatic hydroxyl groups is 1. The summed E-state index contributed by atoms with van der Waals surface area (Å²) in [6.07, 6.45) is 1.83. The van der Waals surface area contributed by atoms with Gasteiger partial charge in [0.1, 0.15) is 17.2 Å². The highest BCUT2D eigenvalue weighted by Crippen LogP contribution is 2.34. The van der Waals surface area contributed by atoms with Crippen LogP contribution in [0.15, 0.2) is 18.2 Å². The predicted octanol–water partition coefficient (Wildman–Crippen LogP) is 1.34. The summed E-state index contributed by atoms with van der Waals surface area (Å²) in [5.41, 5.74) is -0.0153. The maximum atomic E-state index is 11.0. The number of aliphatic carboxylic acids is 1. The molecule has 7 heteroatoms. The number of esters is 2. The van der Waals surface area contributed by atoms with E-state index in [0.29, 0.717) is 0 Å². The molecule has 0 saturated heterocycles. The number of carbonyl (C=O) groups excluding carboxylic acids is 2. The van der Waals surface area contributed by atoms with Gasteiger partial charge in [-0.2, -0.15) is 0 Å². The van der Waals surface area contributed by atoms with Crippen molar-refractivity contribution < 1.29 is 34.1 Å². The van der Waals surface area contributed by atoms with E-state index in [1.165, 1.54) is 13.0 Å². The van der Waals surface area contributed by atoms with E-state index in [0.717, 1.165) is 25.1 Å². The van der Waals surface area contributed by atoms with E-state index in [9.17, 15) is 19.5 Å². The molecule has 0 fully saturated rings. The molecule has 0 radical (unpaired) electrons. The fourth-order valence-corrected chi connectivity index (χ4v) is 1.37. The van der Waals surface area contributed by atoms with Crippen LogP contribution in [0.2, 0.25) is 0 Å². The summed E-state index contributed by atoms with van der Waals surface area (Å²) in [7, 11) is 0. The lowest BCUT2D eigenvalue weighted by Crippen LogP contribution is -2.05. The highest BCUT2D eigenvalue weighted by Gasteiger charge is 2.13. The molecule has 0 aliphatic carbocycles. The average Bonchev–Trinajstić information content (AvgIpc) is 2.25. The molecule has 0 aliphatic heterocycles. The SMILES string of the molecule is CC(=O)Oc1cc(O)c(C=CC(=O)O)c(OC(C)=O)c1. The number of phenols is 1. The molecule has 0 amide bonds. The van der Waals surface area contributed by atoms with Crippen LogP contribution >= 0.6 is 0 Å². The van der Waals surface area contributed by atoms with Crippen molar-refractivity contribution in [3.63, 3.8) is 0 Å². The Balaban J connectivity index is 3.29. The minimum atomic E-state index is -1.23. The topological polar surface area (TPSA) is 110 Å². The third kappa shape index (κ3) is 4.45. The predicted molar refractivity (Wildman–Crippen MR) is 67.4 cm³/mol. The van der Waals surface area contributed by atoms with E-state index in [4.69, 9.17) is 14.6 Å². The van der Waals surface area contributed by atoms with Gasteiger partial charge >= 0.3 is 17.9 Å². The van der Waals surface area contributed by atoms with Gasteiger partial charge in [-0.05, 0) is 6.08 Å². The zero-order valence-electron chi connectivity index (χ0n) is 10.7. The van der Waals surface area contributed by atoms with E-state index >= 15 is 0 Å². The van der Waals surface area contributed by atoms with E-state index in [1.807, 2.05) is 0 Å². The van der Waals surface area contributed by atoms with Crippen molar-refractivity contribution in [1.29, 1.82) is 0 Å². The van der Waals surface area contributed by atoms with Gasteiger partial charge in [-0.15, -0.1) is 0 Å². The Hall–Kier alpha value is -2.83. The Morgan fingerprint density at radius 2 is 1.70 bits per heavy atom. The largest absolute Gasteiger partial charge is 0.507 e. The Labute approximate surface area is 114 Å². The fraction of sp³-hybridized carbons (Fsp3) is 0.154. The van der Waals surface area contributed by atoms with Crippen molar-refractivity contribution in [1.82, 2.24) is 0 Å². The van der Waals surface area contributed by atoms with E-state index in [-0.39, 0.29) is 17.1 Å². The summed E-state index contributed by atoms with van der Waals surface area (Å²) < 4.78 is 9.61. The molecule has 1 aromatic rings. The molecule has 0 aromatic heterocycles. The first-order chi connectivity index (χ1) is 9.29. The number of phenolic OH excluding ortho intramolecular Hbond substituents is 1. The maximum absolute atomic E-state index is 11.0. The van der Waals surface area contributed by atoms with E-state index in [1.54, 1.807) is 0 Å². The molecule has 7 nitrogen and oxygen atoms in total. The number of carbonyl (C=O) groups is 3. The molecule has 0 spiro atoms. The van der Waals surface area contributed by atoms with E-state index in [2.05, 4.69) is 0 Å². The lowest BCUT2D eigenvalue weighted by Gasteiger charge is -2.10. The summed E-state index contributed by atoms with van der Waals surface area (Å²) in [5, 5.41) is 18.4. The second-order valence-electron chi connectivity index (χ2n) is 3.71. The fourth-order valence-electron chi connectivity index (χ4n) is 1.37. The van der Waals surface area contributed by atoms with Crippen LogP contribution in [0, 0.1) is 0 Å². The number of benzene rings is 1. The van der Waals surface area contributed by atoms with Crippen LogP contribution in [-0.2, 0) is 14.4 Å². The Morgan fingerprint density at radius 3 is 2.20 bits per heavy atom. The van der Waals surface area contributed by atoms with Crippen LogP contribution in [0.25, 0.3) is 6.08 Å².